The van der Waals surface area contributed by atoms with Gasteiger partial charge in [-0.1, -0.05) is 0 Å². The third-order valence-corrected chi connectivity index (χ3v) is 3.89. The van der Waals surface area contributed by atoms with E-state index in [-0.39, 0.29) is 11.3 Å². The zero-order chi connectivity index (χ0) is 15.7. The lowest BCUT2D eigenvalue weighted by atomic mass is 10.2. The van der Waals surface area contributed by atoms with Gasteiger partial charge in [0.1, 0.15) is 10.7 Å². The topological polar surface area (TPSA) is 92.4 Å². The maximum absolute atomic E-state index is 13.5. The van der Waals surface area contributed by atoms with Crippen LogP contribution in [0.5, 0.6) is 0 Å². The highest BCUT2D eigenvalue weighted by Gasteiger charge is 2.39. The Bertz CT molecular complexity index is 601. The van der Waals surface area contributed by atoms with Gasteiger partial charge in [-0.05, 0) is 24.6 Å². The first kappa shape index (κ1) is 16.7. The molecule has 1 unspecified atom stereocenters. The molecule has 0 heterocycles. The second-order valence-electron chi connectivity index (χ2n) is 4.05. The summed E-state index contributed by atoms with van der Waals surface area (Å²) >= 11 is 0. The van der Waals surface area contributed by atoms with E-state index in [0.29, 0.717) is 0 Å². The highest BCUT2D eigenvalue weighted by Crippen LogP contribution is 2.23. The molecule has 0 saturated heterocycles. The van der Waals surface area contributed by atoms with Crippen molar-refractivity contribution in [3.63, 3.8) is 0 Å². The van der Waals surface area contributed by atoms with Crippen molar-refractivity contribution in [2.75, 3.05) is 12.3 Å². The summed E-state index contributed by atoms with van der Waals surface area (Å²) in [6.45, 7) is 0.120. The number of hydrogen-bond donors (Lipinski definition) is 3. The highest BCUT2D eigenvalue weighted by atomic mass is 32.2. The number of nitrogen functional groups attached to an aromatic ring is 1. The summed E-state index contributed by atoms with van der Waals surface area (Å²) in [5.41, 5.74) is 5.69. The molecule has 0 fully saturated rings. The second kappa shape index (κ2) is 5.54. The molecular weight excluding hydrogens is 304 g/mol. The van der Waals surface area contributed by atoms with Crippen LogP contribution in [0.2, 0.25) is 0 Å². The van der Waals surface area contributed by atoms with Gasteiger partial charge in [0.25, 0.3) is 0 Å². The highest BCUT2D eigenvalue weighted by molar-refractivity contribution is 7.89. The molecule has 10 heteroatoms. The molecule has 0 radical (unpaired) electrons. The smallest absolute Gasteiger partial charge is 0.398 e. The summed E-state index contributed by atoms with van der Waals surface area (Å²) in [6.07, 6.45) is -7.86. The molecule has 0 bridgehead atoms. The predicted octanol–water partition coefficient (Wildman–Crippen LogP) is 0.918. The van der Waals surface area contributed by atoms with Crippen molar-refractivity contribution in [1.82, 2.24) is 4.72 Å². The van der Waals surface area contributed by atoms with Crippen LogP contribution in [0.25, 0.3) is 0 Å². The van der Waals surface area contributed by atoms with E-state index in [1.54, 1.807) is 0 Å². The average Bonchev–Trinajstić information content (AvgIpc) is 2.29. The van der Waals surface area contributed by atoms with E-state index in [9.17, 15) is 26.0 Å². The number of benzene rings is 1. The first-order valence-corrected chi connectivity index (χ1v) is 6.73. The normalized spacial score (nSPS) is 14.3. The van der Waals surface area contributed by atoms with Gasteiger partial charge in [0.15, 0.2) is 6.10 Å². The molecule has 0 saturated carbocycles. The first-order chi connectivity index (χ1) is 8.95. The largest absolute Gasteiger partial charge is 0.415 e. The second-order valence-corrected chi connectivity index (χ2v) is 5.78. The fourth-order valence-electron chi connectivity index (χ4n) is 1.26. The third-order valence-electron chi connectivity index (χ3n) is 2.45. The Labute approximate surface area is 112 Å². The van der Waals surface area contributed by atoms with Gasteiger partial charge in [-0.3, -0.25) is 0 Å². The Hall–Kier alpha value is -1.39. The van der Waals surface area contributed by atoms with Crippen LogP contribution >= 0.6 is 0 Å². The Morgan fingerprint density at radius 3 is 2.45 bits per heavy atom. The molecule has 1 aromatic rings. The molecule has 0 aliphatic carbocycles. The Morgan fingerprint density at radius 1 is 1.40 bits per heavy atom. The molecule has 0 aliphatic heterocycles. The lowest BCUT2D eigenvalue weighted by Gasteiger charge is -2.15. The molecule has 0 spiro atoms. The number of alkyl halides is 3. The summed E-state index contributed by atoms with van der Waals surface area (Å²) in [5.74, 6) is -1.15. The number of halogens is 4. The van der Waals surface area contributed by atoms with Gasteiger partial charge in [-0.2, -0.15) is 13.2 Å². The van der Waals surface area contributed by atoms with Crippen LogP contribution < -0.4 is 10.5 Å². The minimum absolute atomic E-state index is 0.0249. The molecule has 5 nitrogen and oxygen atoms in total. The minimum atomic E-state index is -4.98. The lowest BCUT2D eigenvalue weighted by Crippen LogP contribution is -2.40. The quantitative estimate of drug-likeness (QED) is 0.569. The zero-order valence-corrected chi connectivity index (χ0v) is 11.0. The van der Waals surface area contributed by atoms with Crippen molar-refractivity contribution in [3.05, 3.63) is 23.5 Å². The van der Waals surface area contributed by atoms with Crippen LogP contribution in [-0.2, 0) is 10.0 Å². The van der Waals surface area contributed by atoms with Crippen LogP contribution in [0.1, 0.15) is 5.56 Å². The van der Waals surface area contributed by atoms with Gasteiger partial charge in [0, 0.05) is 12.2 Å². The van der Waals surface area contributed by atoms with Gasteiger partial charge in [-0.25, -0.2) is 17.5 Å². The van der Waals surface area contributed by atoms with Gasteiger partial charge in [0.2, 0.25) is 10.0 Å². The SMILES string of the molecule is Cc1cc(F)c(S(=O)(=O)NCC(O)C(F)(F)F)cc1N. The Balaban J connectivity index is 2.98. The molecule has 114 valence electrons. The number of nitrogens with one attached hydrogen (secondary N) is 1. The summed E-state index contributed by atoms with van der Waals surface area (Å²) in [4.78, 5) is -0.880. The molecule has 0 amide bonds. The number of sulfonamides is 1. The molecule has 0 aromatic heterocycles. The van der Waals surface area contributed by atoms with Crippen molar-refractivity contribution in [1.29, 1.82) is 0 Å². The van der Waals surface area contributed by atoms with E-state index in [1.165, 1.54) is 11.6 Å². The van der Waals surface area contributed by atoms with E-state index in [1.807, 2.05) is 0 Å². The lowest BCUT2D eigenvalue weighted by molar-refractivity contribution is -0.200. The number of rotatable bonds is 4. The summed E-state index contributed by atoms with van der Waals surface area (Å²) in [6, 6.07) is 1.65. The number of aliphatic hydroxyl groups is 1. The number of aryl methyl sites for hydroxylation is 1. The fourth-order valence-corrected chi connectivity index (χ4v) is 2.39. The Morgan fingerprint density at radius 2 is 1.95 bits per heavy atom. The minimum Gasteiger partial charge on any atom is -0.398 e. The molecule has 20 heavy (non-hydrogen) atoms. The predicted molar refractivity (Wildman–Crippen MR) is 62.8 cm³/mol. The van der Waals surface area contributed by atoms with Crippen molar-refractivity contribution >= 4 is 15.7 Å². The van der Waals surface area contributed by atoms with E-state index in [2.05, 4.69) is 0 Å². The standard InChI is InChI=1S/C10H12F4N2O3S/c1-5-2-6(11)8(3-7(5)15)20(18,19)16-4-9(17)10(12,13)14/h2-3,9,16-17H,4,15H2,1H3. The van der Waals surface area contributed by atoms with E-state index in [4.69, 9.17) is 10.8 Å². The van der Waals surface area contributed by atoms with Crippen molar-refractivity contribution in [2.45, 2.75) is 24.1 Å². The molecule has 4 N–H and O–H groups in total. The van der Waals surface area contributed by atoms with Gasteiger partial charge >= 0.3 is 6.18 Å². The molecule has 1 rings (SSSR count). The van der Waals surface area contributed by atoms with Crippen molar-refractivity contribution in [3.8, 4) is 0 Å². The average molecular weight is 316 g/mol. The monoisotopic (exact) mass is 316 g/mol. The Kier molecular flexibility index (Phi) is 4.62. The zero-order valence-electron chi connectivity index (χ0n) is 10.2. The van der Waals surface area contributed by atoms with Gasteiger partial charge in [-0.15, -0.1) is 0 Å². The van der Waals surface area contributed by atoms with Crippen LogP contribution in [0, 0.1) is 12.7 Å². The first-order valence-electron chi connectivity index (χ1n) is 5.25. The molecule has 1 atom stereocenters. The number of nitrogens with two attached hydrogens (primary N) is 1. The maximum atomic E-state index is 13.5. The molecule has 0 aliphatic rings. The van der Waals surface area contributed by atoms with E-state index >= 15 is 0 Å². The van der Waals surface area contributed by atoms with Crippen LogP contribution in [-0.4, -0.2) is 32.3 Å². The van der Waals surface area contributed by atoms with Crippen LogP contribution in [0.3, 0.4) is 0 Å². The third kappa shape index (κ3) is 3.81. The van der Waals surface area contributed by atoms with Gasteiger partial charge < -0.3 is 10.8 Å². The molecular formula is C10H12F4N2O3S. The summed E-state index contributed by atoms with van der Waals surface area (Å²) in [7, 11) is -4.55. The van der Waals surface area contributed by atoms with Gasteiger partial charge in [0.05, 0.1) is 0 Å². The fraction of sp³-hybridized carbons (Fsp3) is 0.400. The van der Waals surface area contributed by atoms with Crippen molar-refractivity contribution in [2.24, 2.45) is 0 Å². The summed E-state index contributed by atoms with van der Waals surface area (Å²) < 4.78 is 74.5. The van der Waals surface area contributed by atoms with E-state index < -0.39 is 39.6 Å². The van der Waals surface area contributed by atoms with Crippen LogP contribution in [0.15, 0.2) is 17.0 Å². The number of aliphatic hydroxyl groups excluding tert-OH is 1. The van der Waals surface area contributed by atoms with Crippen LogP contribution in [0.4, 0.5) is 23.2 Å². The molecule has 1 aromatic carbocycles. The van der Waals surface area contributed by atoms with Crippen molar-refractivity contribution < 1.29 is 31.1 Å². The summed E-state index contributed by atoms with van der Waals surface area (Å²) in [5, 5.41) is 8.69. The maximum Gasteiger partial charge on any atom is 0.415 e. The number of hydrogen-bond acceptors (Lipinski definition) is 4. The number of anilines is 1. The van der Waals surface area contributed by atoms with E-state index in [0.717, 1.165) is 12.1 Å².